The van der Waals surface area contributed by atoms with Gasteiger partial charge in [-0.15, -0.1) is 0 Å². The third-order valence-corrected chi connectivity index (χ3v) is 3.46. The monoisotopic (exact) mass is 255 g/mol. The molecular formula is C13H25N3S. The first-order chi connectivity index (χ1) is 8.38. The van der Waals surface area contributed by atoms with E-state index in [4.69, 9.17) is 0 Å². The Hall–Kier alpha value is -0.480. The van der Waals surface area contributed by atoms with E-state index in [9.17, 15) is 0 Å². The van der Waals surface area contributed by atoms with Gasteiger partial charge in [-0.1, -0.05) is 46.0 Å². The van der Waals surface area contributed by atoms with Crippen LogP contribution in [0.15, 0.2) is 6.20 Å². The molecule has 17 heavy (non-hydrogen) atoms. The normalized spacial score (nSPS) is 12.8. The Labute approximate surface area is 109 Å². The lowest BCUT2D eigenvalue weighted by Crippen LogP contribution is -2.22. The molecule has 1 aromatic rings. The third-order valence-electron chi connectivity index (χ3n) is 2.97. The zero-order valence-corrected chi connectivity index (χ0v) is 11.9. The first-order valence-electron chi connectivity index (χ1n) is 6.89. The Bertz CT molecular complexity index is 262. The molecule has 0 bridgehead atoms. The summed E-state index contributed by atoms with van der Waals surface area (Å²) in [7, 11) is 0. The van der Waals surface area contributed by atoms with Crippen molar-refractivity contribution in [3.8, 4) is 0 Å². The van der Waals surface area contributed by atoms with E-state index in [1.165, 1.54) is 56.7 Å². The van der Waals surface area contributed by atoms with E-state index >= 15 is 0 Å². The highest BCUT2D eigenvalue weighted by Crippen LogP contribution is 2.19. The fourth-order valence-corrected chi connectivity index (χ4v) is 2.42. The summed E-state index contributed by atoms with van der Waals surface area (Å²) in [6.07, 6.45) is 10.9. The summed E-state index contributed by atoms with van der Waals surface area (Å²) in [4.78, 5) is 0. The second-order valence-electron chi connectivity index (χ2n) is 4.54. The van der Waals surface area contributed by atoms with E-state index in [1.54, 1.807) is 0 Å². The Morgan fingerprint density at radius 3 is 2.65 bits per heavy atom. The van der Waals surface area contributed by atoms with Gasteiger partial charge in [0.15, 0.2) is 0 Å². The zero-order chi connectivity index (χ0) is 12.3. The van der Waals surface area contributed by atoms with Gasteiger partial charge in [0, 0.05) is 0 Å². The summed E-state index contributed by atoms with van der Waals surface area (Å²) in [6, 6.07) is 0.412. The van der Waals surface area contributed by atoms with Crippen LogP contribution < -0.4 is 5.32 Å². The standard InChI is InChI=1S/C13H25N3S/c1-3-5-6-7-8-9-12(14-10-4-2)13-11-15-17-16-13/h11-12,14H,3-10H2,1-2H3. The number of aromatic nitrogens is 2. The van der Waals surface area contributed by atoms with Crippen LogP contribution in [-0.4, -0.2) is 15.3 Å². The minimum atomic E-state index is 0.412. The topological polar surface area (TPSA) is 37.8 Å². The van der Waals surface area contributed by atoms with Crippen LogP contribution in [0.2, 0.25) is 0 Å². The molecule has 0 saturated heterocycles. The molecule has 0 spiro atoms. The average Bonchev–Trinajstić information content (AvgIpc) is 2.86. The molecule has 1 rings (SSSR count). The van der Waals surface area contributed by atoms with Crippen LogP contribution >= 0.6 is 11.7 Å². The predicted octanol–water partition coefficient (Wildman–Crippen LogP) is 3.94. The van der Waals surface area contributed by atoms with Gasteiger partial charge in [-0.3, -0.25) is 0 Å². The molecule has 0 radical (unpaired) electrons. The highest BCUT2D eigenvalue weighted by molar-refractivity contribution is 6.99. The van der Waals surface area contributed by atoms with Crippen LogP contribution in [-0.2, 0) is 0 Å². The van der Waals surface area contributed by atoms with Crippen LogP contribution in [0.25, 0.3) is 0 Å². The van der Waals surface area contributed by atoms with E-state index in [-0.39, 0.29) is 0 Å². The van der Waals surface area contributed by atoms with Crippen LogP contribution in [0.5, 0.6) is 0 Å². The molecule has 1 aromatic heterocycles. The maximum atomic E-state index is 4.35. The molecule has 0 aromatic carbocycles. The first kappa shape index (κ1) is 14.6. The Kier molecular flexibility index (Phi) is 8.18. The quantitative estimate of drug-likeness (QED) is 0.643. The van der Waals surface area contributed by atoms with Crippen molar-refractivity contribution in [2.24, 2.45) is 0 Å². The lowest BCUT2D eigenvalue weighted by molar-refractivity contribution is 0.462. The van der Waals surface area contributed by atoms with E-state index in [0.29, 0.717) is 6.04 Å². The van der Waals surface area contributed by atoms with Crippen molar-refractivity contribution in [1.29, 1.82) is 0 Å². The Morgan fingerprint density at radius 2 is 2.00 bits per heavy atom. The van der Waals surface area contributed by atoms with Crippen molar-refractivity contribution >= 4 is 11.7 Å². The van der Waals surface area contributed by atoms with E-state index < -0.39 is 0 Å². The molecule has 0 aliphatic heterocycles. The second kappa shape index (κ2) is 9.54. The molecule has 0 aliphatic rings. The summed E-state index contributed by atoms with van der Waals surface area (Å²) in [5.74, 6) is 0. The highest BCUT2D eigenvalue weighted by Gasteiger charge is 2.12. The number of rotatable bonds is 10. The Balaban J connectivity index is 2.26. The van der Waals surface area contributed by atoms with Crippen molar-refractivity contribution in [3.05, 3.63) is 11.9 Å². The number of unbranched alkanes of at least 4 members (excludes halogenated alkanes) is 4. The zero-order valence-electron chi connectivity index (χ0n) is 11.1. The Morgan fingerprint density at radius 1 is 1.18 bits per heavy atom. The smallest absolute Gasteiger partial charge is 0.0912 e. The lowest BCUT2D eigenvalue weighted by Gasteiger charge is -2.15. The van der Waals surface area contributed by atoms with Crippen molar-refractivity contribution in [1.82, 2.24) is 14.1 Å². The van der Waals surface area contributed by atoms with Gasteiger partial charge in [0.05, 0.1) is 29.7 Å². The molecule has 98 valence electrons. The molecule has 0 fully saturated rings. The number of hydrogen-bond acceptors (Lipinski definition) is 4. The minimum absolute atomic E-state index is 0.412. The number of nitrogens with zero attached hydrogens (tertiary/aromatic N) is 2. The molecule has 1 heterocycles. The molecule has 3 nitrogen and oxygen atoms in total. The van der Waals surface area contributed by atoms with Gasteiger partial charge in [-0.2, -0.15) is 8.75 Å². The molecule has 4 heteroatoms. The SMILES string of the molecule is CCCCCCCC(NCCC)c1cnsn1. The van der Waals surface area contributed by atoms with Crippen molar-refractivity contribution in [3.63, 3.8) is 0 Å². The summed E-state index contributed by atoms with van der Waals surface area (Å²) in [6.45, 7) is 5.52. The molecule has 1 unspecified atom stereocenters. The molecule has 0 saturated carbocycles. The van der Waals surface area contributed by atoms with Crippen LogP contribution in [0.4, 0.5) is 0 Å². The molecule has 0 amide bonds. The first-order valence-corrected chi connectivity index (χ1v) is 7.62. The number of nitrogens with one attached hydrogen (secondary N) is 1. The predicted molar refractivity (Wildman–Crippen MR) is 74.3 cm³/mol. The van der Waals surface area contributed by atoms with Gasteiger partial charge in [0.1, 0.15) is 0 Å². The molecule has 1 atom stereocenters. The minimum Gasteiger partial charge on any atom is -0.309 e. The largest absolute Gasteiger partial charge is 0.309 e. The van der Waals surface area contributed by atoms with Gasteiger partial charge in [0.2, 0.25) is 0 Å². The van der Waals surface area contributed by atoms with Crippen LogP contribution in [0.3, 0.4) is 0 Å². The maximum absolute atomic E-state index is 4.35. The van der Waals surface area contributed by atoms with E-state index in [0.717, 1.165) is 12.2 Å². The van der Waals surface area contributed by atoms with Crippen molar-refractivity contribution < 1.29 is 0 Å². The summed E-state index contributed by atoms with van der Waals surface area (Å²) in [5, 5.41) is 3.57. The lowest BCUT2D eigenvalue weighted by atomic mass is 10.0. The van der Waals surface area contributed by atoms with Crippen molar-refractivity contribution in [2.45, 2.75) is 64.8 Å². The van der Waals surface area contributed by atoms with Gasteiger partial charge < -0.3 is 5.32 Å². The molecular weight excluding hydrogens is 230 g/mol. The fourth-order valence-electron chi connectivity index (χ4n) is 1.95. The van der Waals surface area contributed by atoms with Gasteiger partial charge >= 0.3 is 0 Å². The van der Waals surface area contributed by atoms with Crippen LogP contribution in [0.1, 0.15) is 70.5 Å². The average molecular weight is 255 g/mol. The second-order valence-corrected chi connectivity index (χ2v) is 5.10. The summed E-state index contributed by atoms with van der Waals surface area (Å²) < 4.78 is 8.45. The van der Waals surface area contributed by atoms with Gasteiger partial charge in [0.25, 0.3) is 0 Å². The van der Waals surface area contributed by atoms with E-state index in [1.807, 2.05) is 6.20 Å². The molecule has 1 N–H and O–H groups in total. The van der Waals surface area contributed by atoms with Crippen LogP contribution in [0, 0.1) is 0 Å². The third kappa shape index (κ3) is 6.13. The fraction of sp³-hybridized carbons (Fsp3) is 0.846. The molecule has 0 aliphatic carbocycles. The van der Waals surface area contributed by atoms with E-state index in [2.05, 4.69) is 27.9 Å². The van der Waals surface area contributed by atoms with Gasteiger partial charge in [-0.25, -0.2) is 0 Å². The van der Waals surface area contributed by atoms with Crippen molar-refractivity contribution in [2.75, 3.05) is 6.54 Å². The van der Waals surface area contributed by atoms with Gasteiger partial charge in [-0.05, 0) is 19.4 Å². The highest BCUT2D eigenvalue weighted by atomic mass is 32.1. The maximum Gasteiger partial charge on any atom is 0.0912 e. The number of hydrogen-bond donors (Lipinski definition) is 1. The summed E-state index contributed by atoms with van der Waals surface area (Å²) >= 11 is 1.31. The summed E-state index contributed by atoms with van der Waals surface area (Å²) in [5.41, 5.74) is 1.12.